The van der Waals surface area contributed by atoms with Gasteiger partial charge in [-0.05, 0) is 81.1 Å². The van der Waals surface area contributed by atoms with Crippen LogP contribution in [0, 0.1) is 29.1 Å². The molecule has 0 bridgehead atoms. The fraction of sp³-hybridized carbons (Fsp3) is 0.842. The summed E-state index contributed by atoms with van der Waals surface area (Å²) in [6.07, 6.45) is 10.2. The predicted molar refractivity (Wildman–Crippen MR) is 83.0 cm³/mol. The average Bonchev–Trinajstić information content (AvgIpc) is 2.84. The third-order valence-corrected chi connectivity index (χ3v) is 7.53. The minimum absolute atomic E-state index is 0.137. The summed E-state index contributed by atoms with van der Waals surface area (Å²) in [6, 6.07) is 0. The summed E-state index contributed by atoms with van der Waals surface area (Å²) in [5.74, 6) is 2.74. The van der Waals surface area contributed by atoms with Crippen LogP contribution in [0.3, 0.4) is 0 Å². The minimum atomic E-state index is -0.298. The Kier molecular flexibility index (Phi) is 3.67. The third-order valence-electron chi connectivity index (χ3n) is 7.53. The van der Waals surface area contributed by atoms with Crippen molar-refractivity contribution in [2.24, 2.45) is 29.1 Å². The molecule has 0 aromatic heterocycles. The number of halogens is 1. The lowest BCUT2D eigenvalue weighted by atomic mass is 9.51. The van der Waals surface area contributed by atoms with Crippen LogP contribution in [0.2, 0.25) is 0 Å². The quantitative estimate of drug-likeness (QED) is 0.842. The number of carbonyl (C=O) groups is 1. The van der Waals surface area contributed by atoms with E-state index in [0.29, 0.717) is 42.3 Å². The molecule has 0 amide bonds. The molecule has 0 aromatic carbocycles. The molecule has 1 N–H and O–H groups in total. The van der Waals surface area contributed by atoms with Gasteiger partial charge in [-0.2, -0.15) is 0 Å². The van der Waals surface area contributed by atoms with Crippen molar-refractivity contribution in [3.05, 3.63) is 11.6 Å². The maximum Gasteiger partial charge on any atom is 0.155 e. The Labute approximate surface area is 132 Å². The van der Waals surface area contributed by atoms with Gasteiger partial charge in [0.25, 0.3) is 0 Å². The molecule has 6 atom stereocenters. The molecular weight excluding hydrogens is 279 g/mol. The van der Waals surface area contributed by atoms with Crippen molar-refractivity contribution in [3.63, 3.8) is 0 Å². The molecule has 4 rings (SSSR count). The Balaban J connectivity index is 1.62. The van der Waals surface area contributed by atoms with Gasteiger partial charge in [-0.3, -0.25) is 9.18 Å². The minimum Gasteiger partial charge on any atom is -0.393 e. The Morgan fingerprint density at radius 2 is 2.00 bits per heavy atom. The normalized spacial score (nSPS) is 47.5. The molecule has 2 nitrogen and oxygen atoms in total. The molecule has 0 aromatic rings. The highest BCUT2D eigenvalue weighted by Gasteiger charge is 2.57. The molecule has 0 unspecified atom stereocenters. The number of fused-ring (bicyclic) bond motifs is 5. The van der Waals surface area contributed by atoms with Crippen molar-refractivity contribution in [1.29, 1.82) is 0 Å². The predicted octanol–water partition coefficient (Wildman–Crippen LogP) is 3.83. The molecule has 4 aliphatic rings. The summed E-state index contributed by atoms with van der Waals surface area (Å²) < 4.78 is 13.2. The van der Waals surface area contributed by atoms with Gasteiger partial charge in [0.2, 0.25) is 0 Å². The molecule has 22 heavy (non-hydrogen) atoms. The highest BCUT2D eigenvalue weighted by atomic mass is 19.1. The largest absolute Gasteiger partial charge is 0.393 e. The van der Waals surface area contributed by atoms with E-state index in [4.69, 9.17) is 0 Å². The Hall–Kier alpha value is -0.700. The van der Waals surface area contributed by atoms with Crippen LogP contribution in [0.4, 0.5) is 4.39 Å². The molecular formula is C19H27FO2. The van der Waals surface area contributed by atoms with E-state index in [2.05, 4.69) is 0 Å². The number of carbonyl (C=O) groups excluding carboxylic acids is 1. The van der Waals surface area contributed by atoms with E-state index in [9.17, 15) is 14.3 Å². The Morgan fingerprint density at radius 1 is 1.14 bits per heavy atom. The Bertz CT molecular complexity index is 500. The lowest BCUT2D eigenvalue weighted by Crippen LogP contribution is -2.49. The molecule has 4 aliphatic carbocycles. The fourth-order valence-electron chi connectivity index (χ4n) is 6.62. The second-order valence-electron chi connectivity index (χ2n) is 8.11. The van der Waals surface area contributed by atoms with Crippen LogP contribution in [0.15, 0.2) is 11.6 Å². The molecule has 0 spiro atoms. The van der Waals surface area contributed by atoms with Crippen LogP contribution in [-0.2, 0) is 4.79 Å². The van der Waals surface area contributed by atoms with Gasteiger partial charge in [0.05, 0.1) is 12.8 Å². The summed E-state index contributed by atoms with van der Waals surface area (Å²) in [7, 11) is 0. The molecule has 0 saturated heterocycles. The number of hydrogen-bond donors (Lipinski definition) is 1. The second kappa shape index (κ2) is 5.43. The second-order valence-corrected chi connectivity index (χ2v) is 8.11. The highest BCUT2D eigenvalue weighted by molar-refractivity contribution is 5.91. The monoisotopic (exact) mass is 306 g/mol. The van der Waals surface area contributed by atoms with Crippen LogP contribution < -0.4 is 0 Å². The first-order chi connectivity index (χ1) is 10.7. The molecule has 122 valence electrons. The number of allylic oxidation sites excluding steroid dienone is 1. The molecule has 3 saturated carbocycles. The standard InChI is InChI=1S/C19H27FO2/c20-10-9-19-8-7-15-14-4-2-13(21)11-12(14)1-3-16(15)17(19)5-6-18(19)22/h11,14-18,22H,1-10H2/t14-,15+,16+,17-,18-,19+/m0/s1. The first-order valence-corrected chi connectivity index (χ1v) is 9.13. The van der Waals surface area contributed by atoms with Gasteiger partial charge in [0.1, 0.15) is 0 Å². The van der Waals surface area contributed by atoms with Crippen molar-refractivity contribution in [3.8, 4) is 0 Å². The van der Waals surface area contributed by atoms with Crippen molar-refractivity contribution >= 4 is 5.78 Å². The van der Waals surface area contributed by atoms with E-state index in [1.165, 1.54) is 5.57 Å². The van der Waals surface area contributed by atoms with Crippen molar-refractivity contribution in [2.45, 2.75) is 63.9 Å². The van der Waals surface area contributed by atoms with E-state index < -0.39 is 0 Å². The van der Waals surface area contributed by atoms with Gasteiger partial charge < -0.3 is 5.11 Å². The summed E-state index contributed by atoms with van der Waals surface area (Å²) in [5.41, 5.74) is 1.26. The van der Waals surface area contributed by atoms with Gasteiger partial charge >= 0.3 is 0 Å². The van der Waals surface area contributed by atoms with Crippen molar-refractivity contribution in [1.82, 2.24) is 0 Å². The van der Waals surface area contributed by atoms with E-state index in [-0.39, 0.29) is 18.2 Å². The molecule has 0 radical (unpaired) electrons. The number of aliphatic hydroxyl groups is 1. The van der Waals surface area contributed by atoms with Crippen LogP contribution in [0.25, 0.3) is 0 Å². The van der Waals surface area contributed by atoms with Crippen LogP contribution in [-0.4, -0.2) is 23.7 Å². The highest BCUT2D eigenvalue weighted by Crippen LogP contribution is 2.63. The number of hydrogen-bond acceptors (Lipinski definition) is 2. The number of aliphatic hydroxyl groups excluding tert-OH is 1. The van der Waals surface area contributed by atoms with E-state index in [1.54, 1.807) is 0 Å². The topological polar surface area (TPSA) is 37.3 Å². The van der Waals surface area contributed by atoms with Crippen LogP contribution >= 0.6 is 0 Å². The maximum atomic E-state index is 13.2. The number of alkyl halides is 1. The van der Waals surface area contributed by atoms with Gasteiger partial charge in [0.15, 0.2) is 5.78 Å². The molecule has 0 heterocycles. The van der Waals surface area contributed by atoms with E-state index in [1.807, 2.05) is 6.08 Å². The van der Waals surface area contributed by atoms with E-state index in [0.717, 1.165) is 44.9 Å². The fourth-order valence-corrected chi connectivity index (χ4v) is 6.62. The Morgan fingerprint density at radius 3 is 2.82 bits per heavy atom. The van der Waals surface area contributed by atoms with E-state index >= 15 is 0 Å². The zero-order chi connectivity index (χ0) is 15.3. The first-order valence-electron chi connectivity index (χ1n) is 9.13. The number of rotatable bonds is 2. The zero-order valence-electron chi connectivity index (χ0n) is 13.3. The van der Waals surface area contributed by atoms with Crippen LogP contribution in [0.5, 0.6) is 0 Å². The SMILES string of the molecule is O=C1C=C2CC[C@@H]3[C@H](CC[C@]4(CCF)[C@@H](O)CC[C@@H]34)[C@H]2CC1. The zero-order valence-corrected chi connectivity index (χ0v) is 13.3. The summed E-state index contributed by atoms with van der Waals surface area (Å²) in [4.78, 5) is 11.7. The summed E-state index contributed by atoms with van der Waals surface area (Å²) in [6.45, 7) is -0.298. The molecule has 3 heteroatoms. The van der Waals surface area contributed by atoms with Crippen molar-refractivity contribution in [2.75, 3.05) is 6.67 Å². The smallest absolute Gasteiger partial charge is 0.155 e. The lowest BCUT2D eigenvalue weighted by Gasteiger charge is -2.54. The van der Waals surface area contributed by atoms with Gasteiger partial charge in [-0.1, -0.05) is 5.57 Å². The summed E-state index contributed by atoms with van der Waals surface area (Å²) in [5, 5.41) is 10.5. The molecule has 3 fully saturated rings. The average molecular weight is 306 g/mol. The van der Waals surface area contributed by atoms with Crippen molar-refractivity contribution < 1.29 is 14.3 Å². The van der Waals surface area contributed by atoms with Gasteiger partial charge in [-0.25, -0.2) is 0 Å². The first kappa shape index (κ1) is 14.9. The summed E-state index contributed by atoms with van der Waals surface area (Å²) >= 11 is 0. The van der Waals surface area contributed by atoms with Gasteiger partial charge in [0, 0.05) is 11.8 Å². The van der Waals surface area contributed by atoms with Crippen LogP contribution in [0.1, 0.15) is 57.8 Å². The number of ketones is 1. The lowest BCUT2D eigenvalue weighted by molar-refractivity contribution is -0.116. The maximum absolute atomic E-state index is 13.2. The third kappa shape index (κ3) is 2.04. The molecule has 0 aliphatic heterocycles. The van der Waals surface area contributed by atoms with Gasteiger partial charge in [-0.15, -0.1) is 0 Å².